The zero-order chi connectivity index (χ0) is 11.9. The summed E-state index contributed by atoms with van der Waals surface area (Å²) >= 11 is 0. The number of carbonyl (C=O) groups is 1. The van der Waals surface area contributed by atoms with E-state index in [4.69, 9.17) is 9.47 Å². The number of ether oxygens (including phenoxy) is 2. The van der Waals surface area contributed by atoms with Gasteiger partial charge in [-0.3, -0.25) is 4.79 Å². The Morgan fingerprint density at radius 3 is 2.94 bits per heavy atom. The zero-order valence-corrected chi connectivity index (χ0v) is 9.79. The standard InChI is InChI=1S/C13H15NO3/c1-16-12(15)13(7-17-8-13)10-2-3-11-9(6-10)4-5-14-11/h2-3,6,14H,4-5,7-8H2,1H3. The molecule has 4 nitrogen and oxygen atoms in total. The highest BCUT2D eigenvalue weighted by molar-refractivity contribution is 5.85. The molecule has 0 amide bonds. The van der Waals surface area contributed by atoms with Crippen molar-refractivity contribution in [3.8, 4) is 0 Å². The maximum Gasteiger partial charge on any atom is 0.321 e. The minimum Gasteiger partial charge on any atom is -0.468 e. The van der Waals surface area contributed by atoms with E-state index in [1.807, 2.05) is 12.1 Å². The van der Waals surface area contributed by atoms with Gasteiger partial charge in [-0.2, -0.15) is 0 Å². The smallest absolute Gasteiger partial charge is 0.321 e. The number of rotatable bonds is 2. The maximum atomic E-state index is 11.9. The lowest BCUT2D eigenvalue weighted by molar-refractivity contribution is -0.166. The van der Waals surface area contributed by atoms with Crippen molar-refractivity contribution in [2.45, 2.75) is 11.8 Å². The van der Waals surface area contributed by atoms with Gasteiger partial charge in [0.1, 0.15) is 5.41 Å². The summed E-state index contributed by atoms with van der Waals surface area (Å²) in [4.78, 5) is 11.9. The molecule has 0 atom stereocenters. The van der Waals surface area contributed by atoms with Gasteiger partial charge in [0.2, 0.25) is 0 Å². The minimum absolute atomic E-state index is 0.199. The fourth-order valence-corrected chi connectivity index (χ4v) is 2.51. The molecule has 0 bridgehead atoms. The van der Waals surface area contributed by atoms with Gasteiger partial charge in [0.05, 0.1) is 20.3 Å². The first-order valence-corrected chi connectivity index (χ1v) is 5.80. The van der Waals surface area contributed by atoms with Crippen LogP contribution in [0.1, 0.15) is 11.1 Å². The monoisotopic (exact) mass is 233 g/mol. The van der Waals surface area contributed by atoms with Crippen LogP contribution in [-0.4, -0.2) is 32.8 Å². The molecule has 1 fully saturated rings. The molecule has 0 unspecified atom stereocenters. The zero-order valence-electron chi connectivity index (χ0n) is 9.79. The molecule has 0 aliphatic carbocycles. The first-order valence-electron chi connectivity index (χ1n) is 5.80. The Kier molecular flexibility index (Phi) is 2.33. The molecule has 4 heteroatoms. The lowest BCUT2D eigenvalue weighted by atomic mass is 9.78. The molecule has 3 rings (SSSR count). The SMILES string of the molecule is COC(=O)C1(c2ccc3c(c2)CCN3)COC1. The van der Waals surface area contributed by atoms with Crippen LogP contribution in [0.4, 0.5) is 5.69 Å². The Bertz CT molecular complexity index is 466. The normalized spacial score (nSPS) is 20.1. The Labute approximate surface area is 99.9 Å². The van der Waals surface area contributed by atoms with Crippen LogP contribution in [0.15, 0.2) is 18.2 Å². The van der Waals surface area contributed by atoms with E-state index in [9.17, 15) is 4.79 Å². The number of hydrogen-bond acceptors (Lipinski definition) is 4. The molecule has 2 aliphatic rings. The highest BCUT2D eigenvalue weighted by Gasteiger charge is 2.48. The fourth-order valence-electron chi connectivity index (χ4n) is 2.51. The van der Waals surface area contributed by atoms with Crippen LogP contribution in [0.3, 0.4) is 0 Å². The van der Waals surface area contributed by atoms with Gasteiger partial charge in [0, 0.05) is 12.2 Å². The van der Waals surface area contributed by atoms with Gasteiger partial charge in [0.15, 0.2) is 0 Å². The molecule has 0 saturated carbocycles. The van der Waals surface area contributed by atoms with E-state index in [1.54, 1.807) is 0 Å². The van der Waals surface area contributed by atoms with Gasteiger partial charge in [-0.05, 0) is 23.6 Å². The Hall–Kier alpha value is -1.55. The molecule has 1 N–H and O–H groups in total. The first kappa shape index (κ1) is 10.6. The molecule has 0 aromatic heterocycles. The van der Waals surface area contributed by atoms with Crippen LogP contribution in [0.2, 0.25) is 0 Å². The number of carbonyl (C=O) groups excluding carboxylic acids is 1. The molecular formula is C13H15NO3. The molecule has 0 radical (unpaired) electrons. The fraction of sp³-hybridized carbons (Fsp3) is 0.462. The maximum absolute atomic E-state index is 11.9. The van der Waals surface area contributed by atoms with E-state index < -0.39 is 5.41 Å². The molecule has 2 heterocycles. The molecule has 17 heavy (non-hydrogen) atoms. The average Bonchev–Trinajstić information content (AvgIpc) is 2.74. The number of fused-ring (bicyclic) bond motifs is 1. The highest BCUT2D eigenvalue weighted by Crippen LogP contribution is 2.36. The Morgan fingerprint density at radius 1 is 1.47 bits per heavy atom. The van der Waals surface area contributed by atoms with E-state index in [1.165, 1.54) is 18.4 Å². The largest absolute Gasteiger partial charge is 0.468 e. The molecular weight excluding hydrogens is 218 g/mol. The van der Waals surface area contributed by atoms with Crippen LogP contribution in [0.5, 0.6) is 0 Å². The molecule has 1 saturated heterocycles. The summed E-state index contributed by atoms with van der Waals surface area (Å²) in [6.07, 6.45) is 1.02. The van der Waals surface area contributed by atoms with Crippen LogP contribution in [0, 0.1) is 0 Å². The molecule has 2 aliphatic heterocycles. The van der Waals surface area contributed by atoms with Gasteiger partial charge in [-0.25, -0.2) is 0 Å². The number of nitrogens with one attached hydrogen (secondary N) is 1. The number of benzene rings is 1. The topological polar surface area (TPSA) is 47.6 Å². The van der Waals surface area contributed by atoms with Crippen molar-refractivity contribution in [2.75, 3.05) is 32.2 Å². The van der Waals surface area contributed by atoms with E-state index in [0.29, 0.717) is 13.2 Å². The van der Waals surface area contributed by atoms with Crippen LogP contribution in [0.25, 0.3) is 0 Å². The first-order chi connectivity index (χ1) is 8.26. The average molecular weight is 233 g/mol. The summed E-state index contributed by atoms with van der Waals surface area (Å²) in [5.41, 5.74) is 2.89. The molecule has 0 spiro atoms. The number of anilines is 1. The number of methoxy groups -OCH3 is 1. The Balaban J connectivity index is 2.00. The van der Waals surface area contributed by atoms with Crippen molar-refractivity contribution in [3.63, 3.8) is 0 Å². The van der Waals surface area contributed by atoms with E-state index in [2.05, 4.69) is 11.4 Å². The third-order valence-corrected chi connectivity index (χ3v) is 3.64. The summed E-state index contributed by atoms with van der Waals surface area (Å²) in [5, 5.41) is 3.31. The van der Waals surface area contributed by atoms with Crippen molar-refractivity contribution < 1.29 is 14.3 Å². The van der Waals surface area contributed by atoms with Gasteiger partial charge in [-0.1, -0.05) is 12.1 Å². The second kappa shape index (κ2) is 3.74. The van der Waals surface area contributed by atoms with Crippen molar-refractivity contribution in [1.29, 1.82) is 0 Å². The molecule has 1 aromatic carbocycles. The van der Waals surface area contributed by atoms with Crippen LogP contribution < -0.4 is 5.32 Å². The predicted molar refractivity (Wildman–Crippen MR) is 63.1 cm³/mol. The van der Waals surface area contributed by atoms with E-state index >= 15 is 0 Å². The van der Waals surface area contributed by atoms with Gasteiger partial charge >= 0.3 is 5.97 Å². The molecule has 90 valence electrons. The van der Waals surface area contributed by atoms with Crippen molar-refractivity contribution >= 4 is 11.7 Å². The lowest BCUT2D eigenvalue weighted by Gasteiger charge is -2.39. The summed E-state index contributed by atoms with van der Waals surface area (Å²) in [7, 11) is 1.43. The summed E-state index contributed by atoms with van der Waals surface area (Å²) < 4.78 is 10.1. The second-order valence-corrected chi connectivity index (χ2v) is 4.62. The second-order valence-electron chi connectivity index (χ2n) is 4.62. The number of esters is 1. The third-order valence-electron chi connectivity index (χ3n) is 3.64. The highest BCUT2D eigenvalue weighted by atomic mass is 16.5. The summed E-state index contributed by atoms with van der Waals surface area (Å²) in [6.45, 7) is 1.82. The quantitative estimate of drug-likeness (QED) is 0.777. The molecule has 1 aromatic rings. The minimum atomic E-state index is -0.577. The van der Waals surface area contributed by atoms with Crippen LogP contribution in [-0.2, 0) is 26.1 Å². The van der Waals surface area contributed by atoms with E-state index in [0.717, 1.165) is 18.5 Å². The third kappa shape index (κ3) is 1.44. The predicted octanol–water partition coefficient (Wildman–Crippen LogP) is 1.10. The van der Waals surface area contributed by atoms with Crippen molar-refractivity contribution in [1.82, 2.24) is 0 Å². The number of hydrogen-bond donors (Lipinski definition) is 1. The van der Waals surface area contributed by atoms with E-state index in [-0.39, 0.29) is 5.97 Å². The van der Waals surface area contributed by atoms with Gasteiger partial charge in [-0.15, -0.1) is 0 Å². The lowest BCUT2D eigenvalue weighted by Crippen LogP contribution is -2.53. The van der Waals surface area contributed by atoms with Crippen LogP contribution >= 0.6 is 0 Å². The van der Waals surface area contributed by atoms with Gasteiger partial charge in [0.25, 0.3) is 0 Å². The summed E-state index contributed by atoms with van der Waals surface area (Å²) in [5.74, 6) is -0.199. The van der Waals surface area contributed by atoms with Crippen molar-refractivity contribution in [3.05, 3.63) is 29.3 Å². The van der Waals surface area contributed by atoms with Crippen molar-refractivity contribution in [2.24, 2.45) is 0 Å². The Morgan fingerprint density at radius 2 is 2.29 bits per heavy atom. The summed E-state index contributed by atoms with van der Waals surface area (Å²) in [6, 6.07) is 6.14. The van der Waals surface area contributed by atoms with Gasteiger partial charge < -0.3 is 14.8 Å².